The topological polar surface area (TPSA) is 53.8 Å². The maximum Gasteiger partial charge on any atom is 0.150 e. The molecule has 1 heterocycles. The third-order valence-corrected chi connectivity index (χ3v) is 3.50. The summed E-state index contributed by atoms with van der Waals surface area (Å²) in [7, 11) is 0. The van der Waals surface area contributed by atoms with Gasteiger partial charge in [-0.1, -0.05) is 29.8 Å². The Labute approximate surface area is 126 Å². The molecular formula is C17H9ClN2O. The summed E-state index contributed by atoms with van der Waals surface area (Å²) in [6, 6.07) is 16.4. The first-order valence-corrected chi connectivity index (χ1v) is 6.65. The van der Waals surface area contributed by atoms with Gasteiger partial charge in [0.15, 0.2) is 6.29 Å². The van der Waals surface area contributed by atoms with Gasteiger partial charge >= 0.3 is 0 Å². The summed E-state index contributed by atoms with van der Waals surface area (Å²) < 4.78 is 0. The average molecular weight is 293 g/mol. The Morgan fingerprint density at radius 1 is 1.10 bits per heavy atom. The third kappa shape index (κ3) is 2.37. The van der Waals surface area contributed by atoms with Crippen molar-refractivity contribution < 1.29 is 4.79 Å². The summed E-state index contributed by atoms with van der Waals surface area (Å²) in [5, 5.41) is 10.8. The van der Waals surface area contributed by atoms with Crippen molar-refractivity contribution >= 4 is 28.8 Å². The van der Waals surface area contributed by atoms with Crippen LogP contribution in [0.3, 0.4) is 0 Å². The van der Waals surface area contributed by atoms with Crippen LogP contribution in [0, 0.1) is 11.3 Å². The van der Waals surface area contributed by atoms with Crippen molar-refractivity contribution in [1.29, 1.82) is 5.26 Å². The van der Waals surface area contributed by atoms with E-state index in [0.29, 0.717) is 21.7 Å². The molecule has 0 unspecified atom stereocenters. The van der Waals surface area contributed by atoms with Gasteiger partial charge in [-0.15, -0.1) is 0 Å². The van der Waals surface area contributed by atoms with Gasteiger partial charge in [0.05, 0.1) is 5.52 Å². The summed E-state index contributed by atoms with van der Waals surface area (Å²) in [6.45, 7) is 0. The van der Waals surface area contributed by atoms with Gasteiger partial charge in [0.2, 0.25) is 0 Å². The zero-order valence-electron chi connectivity index (χ0n) is 10.9. The van der Waals surface area contributed by atoms with E-state index in [1.165, 1.54) is 0 Å². The van der Waals surface area contributed by atoms with Gasteiger partial charge in [-0.25, -0.2) is 4.98 Å². The van der Waals surface area contributed by atoms with E-state index in [9.17, 15) is 10.1 Å². The van der Waals surface area contributed by atoms with Crippen LogP contribution >= 0.6 is 11.6 Å². The Bertz CT molecular complexity index is 897. The second-order valence-corrected chi connectivity index (χ2v) is 4.97. The molecule has 3 nitrogen and oxygen atoms in total. The number of halogens is 1. The molecule has 0 radical (unpaired) electrons. The van der Waals surface area contributed by atoms with Gasteiger partial charge in [0.25, 0.3) is 0 Å². The molecule has 100 valence electrons. The lowest BCUT2D eigenvalue weighted by Crippen LogP contribution is -1.94. The second kappa shape index (κ2) is 5.35. The molecule has 3 aromatic rings. The standard InChI is InChI=1S/C17H9ClN2O/c18-13-6-5-12(10-21)14(8-13)15-7-11-3-1-2-4-16(11)20-17(15)9-19/h1-8,10H. The van der Waals surface area contributed by atoms with Crippen LogP contribution < -0.4 is 0 Å². The van der Waals surface area contributed by atoms with Gasteiger partial charge in [-0.05, 0) is 35.9 Å². The Balaban J connectivity index is 2.36. The van der Waals surface area contributed by atoms with Crippen molar-refractivity contribution in [2.24, 2.45) is 0 Å². The number of para-hydroxylation sites is 1. The Morgan fingerprint density at radius 3 is 2.67 bits per heavy atom. The molecule has 0 spiro atoms. The van der Waals surface area contributed by atoms with Crippen molar-refractivity contribution in [3.63, 3.8) is 0 Å². The van der Waals surface area contributed by atoms with Crippen LogP contribution in [-0.4, -0.2) is 11.3 Å². The van der Waals surface area contributed by atoms with E-state index >= 15 is 0 Å². The first-order chi connectivity index (χ1) is 10.2. The molecule has 0 atom stereocenters. The molecule has 2 aromatic carbocycles. The summed E-state index contributed by atoms with van der Waals surface area (Å²) in [6.07, 6.45) is 0.752. The largest absolute Gasteiger partial charge is 0.298 e. The van der Waals surface area contributed by atoms with Crippen LogP contribution in [0.25, 0.3) is 22.0 Å². The smallest absolute Gasteiger partial charge is 0.150 e. The number of rotatable bonds is 2. The monoisotopic (exact) mass is 292 g/mol. The number of nitriles is 1. The van der Waals surface area contributed by atoms with E-state index < -0.39 is 0 Å². The highest BCUT2D eigenvalue weighted by Crippen LogP contribution is 2.30. The number of aldehydes is 1. The van der Waals surface area contributed by atoms with Crippen LogP contribution in [0.5, 0.6) is 0 Å². The highest BCUT2D eigenvalue weighted by Gasteiger charge is 2.13. The zero-order chi connectivity index (χ0) is 14.8. The molecule has 0 bridgehead atoms. The lowest BCUT2D eigenvalue weighted by molar-refractivity contribution is 0.112. The van der Waals surface area contributed by atoms with Crippen molar-refractivity contribution in [3.05, 3.63) is 64.8 Å². The molecule has 0 N–H and O–H groups in total. The molecular weight excluding hydrogens is 284 g/mol. The molecule has 0 aliphatic rings. The van der Waals surface area contributed by atoms with Crippen molar-refractivity contribution in [3.8, 4) is 17.2 Å². The van der Waals surface area contributed by atoms with Gasteiger partial charge in [-0.3, -0.25) is 4.79 Å². The van der Waals surface area contributed by atoms with Crippen molar-refractivity contribution in [2.45, 2.75) is 0 Å². The fourth-order valence-corrected chi connectivity index (χ4v) is 2.44. The van der Waals surface area contributed by atoms with Crippen LogP contribution in [0.2, 0.25) is 5.02 Å². The number of nitrogens with zero attached hydrogens (tertiary/aromatic N) is 2. The summed E-state index contributed by atoms with van der Waals surface area (Å²) in [5.74, 6) is 0. The number of aromatic nitrogens is 1. The minimum Gasteiger partial charge on any atom is -0.298 e. The number of fused-ring (bicyclic) bond motifs is 1. The lowest BCUT2D eigenvalue weighted by Gasteiger charge is -2.09. The van der Waals surface area contributed by atoms with Gasteiger partial charge in [0.1, 0.15) is 11.8 Å². The first-order valence-electron chi connectivity index (χ1n) is 6.28. The van der Waals surface area contributed by atoms with E-state index in [0.717, 1.165) is 17.2 Å². The van der Waals surface area contributed by atoms with Gasteiger partial charge < -0.3 is 0 Å². The minimum atomic E-state index is 0.277. The van der Waals surface area contributed by atoms with Gasteiger partial charge in [-0.2, -0.15) is 5.26 Å². The van der Waals surface area contributed by atoms with Crippen LogP contribution in [0.4, 0.5) is 0 Å². The number of pyridine rings is 1. The molecule has 3 rings (SSSR count). The summed E-state index contributed by atoms with van der Waals surface area (Å²) >= 11 is 6.02. The molecule has 4 heteroatoms. The Morgan fingerprint density at radius 2 is 1.90 bits per heavy atom. The lowest BCUT2D eigenvalue weighted by atomic mass is 9.97. The van der Waals surface area contributed by atoms with E-state index in [4.69, 9.17) is 11.6 Å². The highest BCUT2D eigenvalue weighted by molar-refractivity contribution is 6.31. The molecule has 0 saturated heterocycles. The molecule has 0 aliphatic carbocycles. The molecule has 0 aliphatic heterocycles. The normalized spacial score (nSPS) is 10.3. The summed E-state index contributed by atoms with van der Waals surface area (Å²) in [5.41, 5.74) is 2.73. The quantitative estimate of drug-likeness (QED) is 0.664. The van der Waals surface area contributed by atoms with E-state index in [1.54, 1.807) is 18.2 Å². The first kappa shape index (κ1) is 13.3. The Kier molecular flexibility index (Phi) is 3.39. The number of benzene rings is 2. The van der Waals surface area contributed by atoms with Crippen LogP contribution in [0.1, 0.15) is 16.1 Å². The zero-order valence-corrected chi connectivity index (χ0v) is 11.6. The maximum absolute atomic E-state index is 11.2. The van der Waals surface area contributed by atoms with E-state index in [-0.39, 0.29) is 5.69 Å². The predicted molar refractivity (Wildman–Crippen MR) is 82.3 cm³/mol. The molecule has 21 heavy (non-hydrogen) atoms. The third-order valence-electron chi connectivity index (χ3n) is 3.26. The average Bonchev–Trinajstić information content (AvgIpc) is 2.53. The molecule has 0 saturated carbocycles. The van der Waals surface area contributed by atoms with E-state index in [1.807, 2.05) is 30.3 Å². The minimum absolute atomic E-state index is 0.277. The number of hydrogen-bond donors (Lipinski definition) is 0. The maximum atomic E-state index is 11.2. The fourth-order valence-electron chi connectivity index (χ4n) is 2.27. The fraction of sp³-hybridized carbons (Fsp3) is 0. The summed E-state index contributed by atoms with van der Waals surface area (Å²) in [4.78, 5) is 15.6. The number of carbonyl (C=O) groups is 1. The number of hydrogen-bond acceptors (Lipinski definition) is 3. The molecule has 0 fully saturated rings. The SMILES string of the molecule is N#Cc1nc2ccccc2cc1-c1cc(Cl)ccc1C=O. The molecule has 1 aromatic heterocycles. The highest BCUT2D eigenvalue weighted by atomic mass is 35.5. The van der Waals surface area contributed by atoms with Crippen molar-refractivity contribution in [2.75, 3.05) is 0 Å². The Hall–Kier alpha value is -2.70. The van der Waals surface area contributed by atoms with Crippen molar-refractivity contribution in [1.82, 2.24) is 4.98 Å². The predicted octanol–water partition coefficient (Wildman–Crippen LogP) is 4.24. The number of carbonyl (C=O) groups excluding carboxylic acids is 1. The van der Waals surface area contributed by atoms with Gasteiger partial charge in [0, 0.05) is 21.5 Å². The molecule has 0 amide bonds. The second-order valence-electron chi connectivity index (χ2n) is 4.54. The van der Waals surface area contributed by atoms with E-state index in [2.05, 4.69) is 11.1 Å². The van der Waals surface area contributed by atoms with Crippen LogP contribution in [-0.2, 0) is 0 Å². The van der Waals surface area contributed by atoms with Crippen LogP contribution in [0.15, 0.2) is 48.5 Å².